The van der Waals surface area contributed by atoms with Gasteiger partial charge in [0.05, 0.1) is 7.11 Å². The van der Waals surface area contributed by atoms with Crippen LogP contribution in [0.4, 0.5) is 24.0 Å². The molecule has 0 aliphatic carbocycles. The third kappa shape index (κ3) is 6.11. The second-order valence-electron chi connectivity index (χ2n) is 6.05. The van der Waals surface area contributed by atoms with Gasteiger partial charge in [0.1, 0.15) is 17.2 Å². The molecule has 2 aromatic carbocycles. The molecule has 0 saturated heterocycles. The van der Waals surface area contributed by atoms with E-state index >= 15 is 0 Å². The topological polar surface area (TPSA) is 72.5 Å². The molecular weight excluding hydrogens is 419 g/mol. The Morgan fingerprint density at radius 3 is 2.57 bits per heavy atom. The Balaban J connectivity index is 1.52. The van der Waals surface area contributed by atoms with Crippen molar-refractivity contribution >= 4 is 28.1 Å². The van der Waals surface area contributed by atoms with E-state index in [4.69, 9.17) is 4.74 Å². The second-order valence-corrected chi connectivity index (χ2v) is 6.91. The Morgan fingerprint density at radius 2 is 1.87 bits per heavy atom. The smallest absolute Gasteiger partial charge is 0.496 e. The molecule has 10 heteroatoms. The maximum atomic E-state index is 12.3. The van der Waals surface area contributed by atoms with Crippen LogP contribution < -0.4 is 20.1 Å². The van der Waals surface area contributed by atoms with E-state index in [2.05, 4.69) is 20.4 Å². The van der Waals surface area contributed by atoms with Crippen LogP contribution in [0.15, 0.2) is 53.9 Å². The molecule has 30 heavy (non-hydrogen) atoms. The number of hydrogen-bond acceptors (Lipinski definition) is 6. The molecule has 0 unspecified atom stereocenters. The van der Waals surface area contributed by atoms with E-state index in [1.54, 1.807) is 12.5 Å². The van der Waals surface area contributed by atoms with Crippen molar-refractivity contribution in [3.8, 4) is 11.5 Å². The zero-order valence-electron chi connectivity index (χ0n) is 15.8. The van der Waals surface area contributed by atoms with Gasteiger partial charge in [-0.15, -0.1) is 24.5 Å². The number of amides is 1. The summed E-state index contributed by atoms with van der Waals surface area (Å²) < 4.78 is 45.7. The summed E-state index contributed by atoms with van der Waals surface area (Å²) >= 11 is 1.21. The van der Waals surface area contributed by atoms with E-state index in [1.165, 1.54) is 35.6 Å². The first-order valence-corrected chi connectivity index (χ1v) is 9.70. The highest BCUT2D eigenvalue weighted by Crippen LogP contribution is 2.26. The summed E-state index contributed by atoms with van der Waals surface area (Å²) in [6.45, 7) is 0.417. The maximum absolute atomic E-state index is 12.3. The lowest BCUT2D eigenvalue weighted by Gasteiger charge is -2.09. The molecule has 0 fully saturated rings. The molecule has 2 N–H and O–H groups in total. The number of hydrogen-bond donors (Lipinski definition) is 2. The lowest BCUT2D eigenvalue weighted by atomic mass is 10.1. The van der Waals surface area contributed by atoms with Crippen LogP contribution in [0.3, 0.4) is 0 Å². The summed E-state index contributed by atoms with van der Waals surface area (Å²) in [6, 6.07) is 12.8. The summed E-state index contributed by atoms with van der Waals surface area (Å²) in [4.78, 5) is 16.5. The zero-order chi connectivity index (χ0) is 21.6. The van der Waals surface area contributed by atoms with Crippen LogP contribution in [0.1, 0.15) is 16.1 Å². The third-order valence-corrected chi connectivity index (χ3v) is 4.71. The van der Waals surface area contributed by atoms with E-state index in [-0.39, 0.29) is 17.4 Å². The molecule has 0 aliphatic heterocycles. The van der Waals surface area contributed by atoms with Crippen molar-refractivity contribution in [1.29, 1.82) is 0 Å². The number of nitrogens with one attached hydrogen (secondary N) is 2. The highest BCUT2D eigenvalue weighted by Gasteiger charge is 2.30. The zero-order valence-corrected chi connectivity index (χ0v) is 16.6. The van der Waals surface area contributed by atoms with E-state index in [1.807, 2.05) is 24.3 Å². The maximum Gasteiger partial charge on any atom is 0.573 e. The van der Waals surface area contributed by atoms with Gasteiger partial charge in [0.15, 0.2) is 5.13 Å². The van der Waals surface area contributed by atoms with E-state index in [0.29, 0.717) is 23.8 Å². The molecule has 0 bridgehead atoms. The van der Waals surface area contributed by atoms with Gasteiger partial charge in [-0.05, 0) is 42.3 Å². The van der Waals surface area contributed by atoms with Gasteiger partial charge in [-0.2, -0.15) is 0 Å². The average Bonchev–Trinajstić information content (AvgIpc) is 3.17. The molecule has 0 saturated carbocycles. The minimum Gasteiger partial charge on any atom is -0.496 e. The predicted molar refractivity (Wildman–Crippen MR) is 108 cm³/mol. The molecular formula is C20H18F3N3O3S. The van der Waals surface area contributed by atoms with Gasteiger partial charge in [0.25, 0.3) is 5.91 Å². The molecule has 0 spiro atoms. The number of aromatic nitrogens is 1. The van der Waals surface area contributed by atoms with Gasteiger partial charge >= 0.3 is 6.36 Å². The largest absolute Gasteiger partial charge is 0.573 e. The van der Waals surface area contributed by atoms with Crippen molar-refractivity contribution in [2.75, 3.05) is 19.0 Å². The van der Waals surface area contributed by atoms with Crippen molar-refractivity contribution in [2.24, 2.45) is 0 Å². The van der Waals surface area contributed by atoms with Gasteiger partial charge < -0.3 is 20.1 Å². The number of ether oxygens (including phenoxy) is 2. The Bertz CT molecular complexity index is 991. The van der Waals surface area contributed by atoms with Crippen LogP contribution in [0, 0.1) is 0 Å². The molecule has 1 heterocycles. The first-order chi connectivity index (χ1) is 14.3. The number of carbonyl (C=O) groups is 1. The van der Waals surface area contributed by atoms with Crippen molar-refractivity contribution in [2.45, 2.75) is 12.8 Å². The third-order valence-electron chi connectivity index (χ3n) is 3.95. The number of nitrogens with zero attached hydrogens (tertiary/aromatic N) is 1. The number of para-hydroxylation sites is 1. The van der Waals surface area contributed by atoms with Crippen LogP contribution in [0.5, 0.6) is 11.5 Å². The van der Waals surface area contributed by atoms with E-state index in [0.717, 1.165) is 11.3 Å². The standard InChI is InChI=1S/C20H18F3N3O3S/c1-28-17-5-3-2-4-13(17)10-11-24-18(27)16-12-30-19(26-16)25-14-6-8-15(9-7-14)29-20(21,22)23/h2-9,12H,10-11H2,1H3,(H,24,27)(H,25,26). The average molecular weight is 437 g/mol. The van der Waals surface area contributed by atoms with Crippen LogP contribution in [0.25, 0.3) is 0 Å². The van der Waals surface area contributed by atoms with Crippen molar-refractivity contribution < 1.29 is 27.4 Å². The lowest BCUT2D eigenvalue weighted by Crippen LogP contribution is -2.26. The molecule has 0 radical (unpaired) electrons. The number of carbonyl (C=O) groups excluding carboxylic acids is 1. The van der Waals surface area contributed by atoms with Gasteiger partial charge in [-0.25, -0.2) is 4.98 Å². The quantitative estimate of drug-likeness (QED) is 0.531. The molecule has 158 valence electrons. The van der Waals surface area contributed by atoms with Crippen molar-refractivity contribution in [3.63, 3.8) is 0 Å². The molecule has 1 aromatic heterocycles. The monoisotopic (exact) mass is 437 g/mol. The van der Waals surface area contributed by atoms with Crippen LogP contribution in [-0.4, -0.2) is 30.9 Å². The number of methoxy groups -OCH3 is 1. The molecule has 1 amide bonds. The first-order valence-electron chi connectivity index (χ1n) is 8.82. The fraction of sp³-hybridized carbons (Fsp3) is 0.200. The molecule has 3 aromatic rings. The predicted octanol–water partition coefficient (Wildman–Crippen LogP) is 4.77. The minimum absolute atomic E-state index is 0.250. The second kappa shape index (κ2) is 9.49. The minimum atomic E-state index is -4.74. The van der Waals surface area contributed by atoms with Gasteiger partial charge in [-0.1, -0.05) is 18.2 Å². The van der Waals surface area contributed by atoms with Gasteiger partial charge in [-0.3, -0.25) is 4.79 Å². The number of rotatable bonds is 8. The number of alkyl halides is 3. The lowest BCUT2D eigenvalue weighted by molar-refractivity contribution is -0.274. The fourth-order valence-corrected chi connectivity index (χ4v) is 3.32. The van der Waals surface area contributed by atoms with E-state index < -0.39 is 6.36 Å². The summed E-state index contributed by atoms with van der Waals surface area (Å²) in [5.74, 6) is 0.129. The van der Waals surface area contributed by atoms with Gasteiger partial charge in [0, 0.05) is 17.6 Å². The highest BCUT2D eigenvalue weighted by molar-refractivity contribution is 7.14. The molecule has 3 rings (SSSR count). The molecule has 6 nitrogen and oxygen atoms in total. The number of halogens is 3. The first kappa shape index (κ1) is 21.4. The van der Waals surface area contributed by atoms with Gasteiger partial charge in [0.2, 0.25) is 0 Å². The number of benzene rings is 2. The number of thiazole rings is 1. The van der Waals surface area contributed by atoms with Crippen LogP contribution in [-0.2, 0) is 6.42 Å². The number of anilines is 2. The Hall–Kier alpha value is -3.27. The summed E-state index contributed by atoms with van der Waals surface area (Å²) in [5, 5.41) is 7.78. The molecule has 0 atom stereocenters. The Morgan fingerprint density at radius 1 is 1.13 bits per heavy atom. The van der Waals surface area contributed by atoms with Crippen LogP contribution in [0.2, 0.25) is 0 Å². The summed E-state index contributed by atoms with van der Waals surface area (Å²) in [5.41, 5.74) is 1.75. The Labute approximate surface area is 174 Å². The van der Waals surface area contributed by atoms with Crippen molar-refractivity contribution in [3.05, 3.63) is 65.2 Å². The highest BCUT2D eigenvalue weighted by atomic mass is 32.1. The fourth-order valence-electron chi connectivity index (χ4n) is 2.61. The summed E-state index contributed by atoms with van der Waals surface area (Å²) in [7, 11) is 1.60. The SMILES string of the molecule is COc1ccccc1CCNC(=O)c1csc(Nc2ccc(OC(F)(F)F)cc2)n1. The van der Waals surface area contributed by atoms with Crippen LogP contribution >= 0.6 is 11.3 Å². The molecule has 0 aliphatic rings. The van der Waals surface area contributed by atoms with Crippen molar-refractivity contribution in [1.82, 2.24) is 10.3 Å². The summed E-state index contributed by atoms with van der Waals surface area (Å²) in [6.07, 6.45) is -4.13. The normalized spacial score (nSPS) is 11.1. The van der Waals surface area contributed by atoms with E-state index in [9.17, 15) is 18.0 Å². The Kier molecular flexibility index (Phi) is 6.78.